The number of alkyl halides is 3. The van der Waals surface area contributed by atoms with Crippen molar-refractivity contribution in [3.8, 4) is 22.8 Å². The Hall–Kier alpha value is -3.60. The van der Waals surface area contributed by atoms with Crippen molar-refractivity contribution in [2.24, 2.45) is 17.9 Å². The topological polar surface area (TPSA) is 13.1 Å². The van der Waals surface area contributed by atoms with Gasteiger partial charge in [0.15, 0.2) is 6.20 Å². The SMILES string of the molecule is CCc1ccc2c(CC(C)(C)C)c3c(c(C)c2c1)-c1c2c(cc4c(CC(C)(C)C(F)(F)F)cccc4c2cc[n+]1C)O3. The van der Waals surface area contributed by atoms with Crippen LogP contribution in [0, 0.1) is 17.8 Å². The normalized spacial score (nSPS) is 13.6. The molecular weight excluding hydrogens is 531 g/mol. The van der Waals surface area contributed by atoms with Gasteiger partial charge in [0.25, 0.3) is 0 Å². The number of hydrogen-bond donors (Lipinski definition) is 0. The molecule has 0 atom stereocenters. The van der Waals surface area contributed by atoms with Gasteiger partial charge in [0.2, 0.25) is 5.69 Å². The molecule has 0 amide bonds. The molecule has 0 aliphatic carbocycles. The molecular formula is C37H39F3NO+. The van der Waals surface area contributed by atoms with E-state index in [4.69, 9.17) is 4.74 Å². The summed E-state index contributed by atoms with van der Waals surface area (Å²) in [7, 11) is 2.07. The Morgan fingerprint density at radius 2 is 1.55 bits per heavy atom. The second kappa shape index (κ2) is 9.45. The van der Waals surface area contributed by atoms with Gasteiger partial charge in [-0.2, -0.15) is 13.2 Å². The zero-order chi connectivity index (χ0) is 30.4. The third-order valence-corrected chi connectivity index (χ3v) is 8.99. The molecule has 0 bridgehead atoms. The first kappa shape index (κ1) is 28.5. The molecule has 2 nitrogen and oxygen atoms in total. The third kappa shape index (κ3) is 4.44. The summed E-state index contributed by atoms with van der Waals surface area (Å²) in [6, 6.07) is 16.5. The highest BCUT2D eigenvalue weighted by Crippen LogP contribution is 2.53. The lowest BCUT2D eigenvalue weighted by molar-refractivity contribution is -0.659. The molecule has 5 heteroatoms. The van der Waals surface area contributed by atoms with Gasteiger partial charge in [-0.15, -0.1) is 0 Å². The van der Waals surface area contributed by atoms with E-state index in [9.17, 15) is 13.2 Å². The number of nitrogens with zero attached hydrogens (tertiary/aromatic N) is 1. The average Bonchev–Trinajstić information content (AvgIpc) is 2.90. The summed E-state index contributed by atoms with van der Waals surface area (Å²) in [5.74, 6) is 1.56. The summed E-state index contributed by atoms with van der Waals surface area (Å²) in [6.07, 6.45) is -0.567. The standard InChI is InChI=1S/C37H39F3NO/c1-9-22-13-14-25-27(17-22)21(2)31-33-32-26(15-16-41(33)8)24-12-10-11-23(19-36(6,7)37(38,39)40)28(24)18-30(32)42-34(31)29(25)20-35(3,4)5/h10-18H,9,19-20H2,1-8H3/q+1. The van der Waals surface area contributed by atoms with E-state index < -0.39 is 11.6 Å². The molecule has 1 aliphatic heterocycles. The van der Waals surface area contributed by atoms with E-state index in [0.717, 1.165) is 51.4 Å². The first-order valence-corrected chi connectivity index (χ1v) is 14.8. The lowest BCUT2D eigenvalue weighted by atomic mass is 9.80. The van der Waals surface area contributed by atoms with E-state index in [0.29, 0.717) is 11.3 Å². The van der Waals surface area contributed by atoms with Gasteiger partial charge in [0.1, 0.15) is 18.5 Å². The Labute approximate surface area is 246 Å². The molecule has 0 unspecified atom stereocenters. The van der Waals surface area contributed by atoms with Crippen molar-refractivity contribution in [1.82, 2.24) is 0 Å². The third-order valence-electron chi connectivity index (χ3n) is 8.99. The first-order chi connectivity index (χ1) is 19.6. The van der Waals surface area contributed by atoms with Gasteiger partial charge in [0, 0.05) is 17.0 Å². The molecule has 0 radical (unpaired) electrons. The number of aryl methyl sites for hydroxylation is 3. The molecule has 6 rings (SSSR count). The second-order valence-corrected chi connectivity index (χ2v) is 13.9. The summed E-state index contributed by atoms with van der Waals surface area (Å²) in [6.45, 7) is 13.6. The Bertz CT molecular complexity index is 1910. The molecule has 5 aromatic rings. The maximum atomic E-state index is 14.0. The number of ether oxygens (including phenoxy) is 1. The van der Waals surface area contributed by atoms with Crippen LogP contribution in [0.4, 0.5) is 13.2 Å². The minimum atomic E-state index is -4.31. The number of hydrogen-bond acceptors (Lipinski definition) is 1. The molecule has 0 N–H and O–H groups in total. The van der Waals surface area contributed by atoms with Crippen LogP contribution < -0.4 is 9.30 Å². The first-order valence-electron chi connectivity index (χ1n) is 14.8. The minimum Gasteiger partial charge on any atom is -0.455 e. The monoisotopic (exact) mass is 570 g/mol. The smallest absolute Gasteiger partial charge is 0.394 e. The largest absolute Gasteiger partial charge is 0.455 e. The van der Waals surface area contributed by atoms with E-state index >= 15 is 0 Å². The van der Waals surface area contributed by atoms with Gasteiger partial charge >= 0.3 is 6.18 Å². The summed E-state index contributed by atoms with van der Waals surface area (Å²) in [5, 5.41) is 6.19. The Morgan fingerprint density at radius 3 is 2.21 bits per heavy atom. The van der Waals surface area contributed by atoms with Crippen molar-refractivity contribution in [1.29, 1.82) is 0 Å². The van der Waals surface area contributed by atoms with E-state index in [1.165, 1.54) is 41.3 Å². The maximum absolute atomic E-state index is 14.0. The number of benzene rings is 4. The fourth-order valence-electron chi connectivity index (χ4n) is 6.63. The Balaban J connectivity index is 1.71. The Kier molecular flexibility index (Phi) is 6.42. The number of aromatic nitrogens is 1. The number of fused-ring (bicyclic) bond motifs is 5. The molecule has 218 valence electrons. The van der Waals surface area contributed by atoms with Crippen LogP contribution in [-0.4, -0.2) is 6.18 Å². The molecule has 0 fully saturated rings. The summed E-state index contributed by atoms with van der Waals surface area (Å²) in [4.78, 5) is 0. The lowest BCUT2D eigenvalue weighted by Gasteiger charge is -2.29. The van der Waals surface area contributed by atoms with Gasteiger partial charge in [-0.1, -0.05) is 77.9 Å². The predicted octanol–water partition coefficient (Wildman–Crippen LogP) is 10.3. The highest BCUT2D eigenvalue weighted by atomic mass is 19.4. The van der Waals surface area contributed by atoms with Crippen molar-refractivity contribution in [3.63, 3.8) is 0 Å². The van der Waals surface area contributed by atoms with Gasteiger partial charge in [0.05, 0.1) is 16.4 Å². The molecule has 2 heterocycles. The molecule has 4 aromatic carbocycles. The van der Waals surface area contributed by atoms with Gasteiger partial charge in [-0.25, -0.2) is 4.57 Å². The average molecular weight is 571 g/mol. The van der Waals surface area contributed by atoms with E-state index in [1.807, 2.05) is 24.3 Å². The van der Waals surface area contributed by atoms with E-state index in [-0.39, 0.29) is 11.8 Å². The van der Waals surface area contributed by atoms with E-state index in [2.05, 4.69) is 76.7 Å². The quantitative estimate of drug-likeness (QED) is 0.152. The highest BCUT2D eigenvalue weighted by Gasteiger charge is 2.47. The van der Waals surface area contributed by atoms with Crippen LogP contribution in [-0.2, 0) is 26.3 Å². The highest BCUT2D eigenvalue weighted by molar-refractivity contribution is 6.16. The predicted molar refractivity (Wildman–Crippen MR) is 166 cm³/mol. The lowest BCUT2D eigenvalue weighted by Crippen LogP contribution is -2.34. The second-order valence-electron chi connectivity index (χ2n) is 13.9. The van der Waals surface area contributed by atoms with Crippen LogP contribution in [0.5, 0.6) is 11.5 Å². The number of pyridine rings is 1. The fourth-order valence-corrected chi connectivity index (χ4v) is 6.63. The molecule has 42 heavy (non-hydrogen) atoms. The number of rotatable bonds is 4. The summed E-state index contributed by atoms with van der Waals surface area (Å²) >= 11 is 0. The van der Waals surface area contributed by atoms with Crippen molar-refractivity contribution < 1.29 is 22.5 Å². The van der Waals surface area contributed by atoms with Crippen molar-refractivity contribution >= 4 is 32.3 Å². The van der Waals surface area contributed by atoms with Crippen LogP contribution >= 0.6 is 0 Å². The Morgan fingerprint density at radius 1 is 0.810 bits per heavy atom. The molecule has 1 aliphatic rings. The van der Waals surface area contributed by atoms with E-state index in [1.54, 1.807) is 0 Å². The van der Waals surface area contributed by atoms with Crippen molar-refractivity contribution in [2.75, 3.05) is 0 Å². The zero-order valence-electron chi connectivity index (χ0n) is 25.8. The minimum absolute atomic E-state index is 0.0109. The van der Waals surface area contributed by atoms with Crippen LogP contribution in [0.25, 0.3) is 43.6 Å². The number of halogens is 3. The van der Waals surface area contributed by atoms with Crippen LogP contribution in [0.1, 0.15) is 63.8 Å². The van der Waals surface area contributed by atoms with Crippen molar-refractivity contribution in [3.05, 3.63) is 77.0 Å². The van der Waals surface area contributed by atoms with Crippen LogP contribution in [0.3, 0.4) is 0 Å². The molecule has 0 saturated heterocycles. The maximum Gasteiger partial charge on any atom is 0.394 e. The van der Waals surface area contributed by atoms with Crippen LogP contribution in [0.15, 0.2) is 54.7 Å². The van der Waals surface area contributed by atoms with Gasteiger partial charge in [-0.05, 0) is 75.9 Å². The van der Waals surface area contributed by atoms with Gasteiger partial charge < -0.3 is 4.74 Å². The van der Waals surface area contributed by atoms with Gasteiger partial charge in [-0.3, -0.25) is 0 Å². The molecule has 0 saturated carbocycles. The zero-order valence-corrected chi connectivity index (χ0v) is 25.8. The summed E-state index contributed by atoms with van der Waals surface area (Å²) in [5.41, 5.74) is 4.67. The van der Waals surface area contributed by atoms with Crippen molar-refractivity contribution in [2.45, 2.75) is 73.9 Å². The molecule has 1 aromatic heterocycles. The molecule has 0 spiro atoms. The fraction of sp³-hybridized carbons (Fsp3) is 0.378. The van der Waals surface area contributed by atoms with Crippen LogP contribution in [0.2, 0.25) is 0 Å². The summed E-state index contributed by atoms with van der Waals surface area (Å²) < 4.78 is 51.0.